The maximum atomic E-state index is 13.3. The Labute approximate surface area is 193 Å². The minimum atomic E-state index is -0.182. The lowest BCUT2D eigenvalue weighted by Gasteiger charge is -2.28. The van der Waals surface area contributed by atoms with Gasteiger partial charge in [0, 0.05) is 48.6 Å². The normalized spacial score (nSPS) is 13.6. The van der Waals surface area contributed by atoms with Crippen molar-refractivity contribution < 1.29 is 4.79 Å². The fourth-order valence-electron chi connectivity index (χ4n) is 4.26. The molecule has 1 fully saturated rings. The Morgan fingerprint density at radius 1 is 0.909 bits per heavy atom. The highest BCUT2D eigenvalue weighted by Gasteiger charge is 2.19. The quantitative estimate of drug-likeness (QED) is 0.448. The summed E-state index contributed by atoms with van der Waals surface area (Å²) in [4.78, 5) is 19.9. The standard InChI is InChI=1S/C27H27N5O/c33-27(29-23-11-13-24(14-12-23)31-16-5-2-6-17-31)25-20-32(19-21-8-3-1-4-9-21)30-26(25)22-10-7-15-28-18-22/h1,3-4,7-15,18,20H,2,5-6,16-17,19H2,(H,29,33). The summed E-state index contributed by atoms with van der Waals surface area (Å²) in [6, 6.07) is 22.0. The molecule has 0 bridgehead atoms. The molecule has 0 aliphatic carbocycles. The number of nitrogens with zero attached hydrogens (tertiary/aromatic N) is 4. The second-order valence-electron chi connectivity index (χ2n) is 8.36. The summed E-state index contributed by atoms with van der Waals surface area (Å²) >= 11 is 0. The molecule has 1 aliphatic heterocycles. The Balaban J connectivity index is 1.38. The number of carbonyl (C=O) groups is 1. The number of carbonyl (C=O) groups excluding carboxylic acids is 1. The fourth-order valence-corrected chi connectivity index (χ4v) is 4.26. The third kappa shape index (κ3) is 4.95. The maximum Gasteiger partial charge on any atom is 0.259 e. The predicted molar refractivity (Wildman–Crippen MR) is 131 cm³/mol. The third-order valence-electron chi connectivity index (χ3n) is 5.98. The highest BCUT2D eigenvalue weighted by atomic mass is 16.1. The van der Waals surface area contributed by atoms with Crippen molar-refractivity contribution in [2.45, 2.75) is 25.8 Å². The second kappa shape index (κ2) is 9.69. The molecule has 3 heterocycles. The second-order valence-corrected chi connectivity index (χ2v) is 8.36. The van der Waals surface area contributed by atoms with Gasteiger partial charge in [-0.15, -0.1) is 0 Å². The molecule has 0 spiro atoms. The summed E-state index contributed by atoms with van der Waals surface area (Å²) < 4.78 is 1.81. The highest BCUT2D eigenvalue weighted by molar-refractivity contribution is 6.08. The van der Waals surface area contributed by atoms with Crippen LogP contribution in [0.4, 0.5) is 11.4 Å². The van der Waals surface area contributed by atoms with E-state index < -0.39 is 0 Å². The van der Waals surface area contributed by atoms with Crippen LogP contribution in [0.1, 0.15) is 35.2 Å². The van der Waals surface area contributed by atoms with Crippen LogP contribution in [0.15, 0.2) is 85.3 Å². The number of anilines is 2. The molecule has 1 saturated heterocycles. The van der Waals surface area contributed by atoms with Gasteiger partial charge in [-0.25, -0.2) is 0 Å². The molecular formula is C27H27N5O. The Kier molecular flexibility index (Phi) is 6.15. The number of nitrogens with one attached hydrogen (secondary N) is 1. The molecule has 0 atom stereocenters. The molecule has 1 N–H and O–H groups in total. The van der Waals surface area contributed by atoms with Crippen molar-refractivity contribution in [3.8, 4) is 11.3 Å². The predicted octanol–water partition coefficient (Wildman–Crippen LogP) is 5.24. The van der Waals surface area contributed by atoms with Crippen molar-refractivity contribution in [1.82, 2.24) is 14.8 Å². The third-order valence-corrected chi connectivity index (χ3v) is 5.98. The zero-order valence-corrected chi connectivity index (χ0v) is 18.5. The molecule has 5 rings (SSSR count). The van der Waals surface area contributed by atoms with Crippen LogP contribution in [0.5, 0.6) is 0 Å². The van der Waals surface area contributed by atoms with Crippen LogP contribution in [0.25, 0.3) is 11.3 Å². The van der Waals surface area contributed by atoms with E-state index in [4.69, 9.17) is 5.10 Å². The fraction of sp³-hybridized carbons (Fsp3) is 0.222. The number of rotatable bonds is 6. The van der Waals surface area contributed by atoms with Crippen molar-refractivity contribution in [1.29, 1.82) is 0 Å². The van der Waals surface area contributed by atoms with Gasteiger partial charge in [-0.2, -0.15) is 5.10 Å². The van der Waals surface area contributed by atoms with E-state index in [1.54, 1.807) is 12.4 Å². The first kappa shape index (κ1) is 20.9. The molecule has 1 aliphatic rings. The van der Waals surface area contributed by atoms with Gasteiger partial charge in [-0.05, 0) is 61.2 Å². The van der Waals surface area contributed by atoms with Crippen LogP contribution in [0.2, 0.25) is 0 Å². The lowest BCUT2D eigenvalue weighted by molar-refractivity contribution is 0.102. The van der Waals surface area contributed by atoms with Crippen LogP contribution >= 0.6 is 0 Å². The molecule has 6 heteroatoms. The zero-order valence-electron chi connectivity index (χ0n) is 18.5. The molecule has 0 saturated carbocycles. The summed E-state index contributed by atoms with van der Waals surface area (Å²) in [5, 5.41) is 7.77. The van der Waals surface area contributed by atoms with E-state index in [1.165, 1.54) is 24.9 Å². The number of aromatic nitrogens is 3. The van der Waals surface area contributed by atoms with Crippen LogP contribution in [-0.2, 0) is 6.54 Å². The van der Waals surface area contributed by atoms with E-state index in [1.807, 2.05) is 53.3 Å². The largest absolute Gasteiger partial charge is 0.372 e. The first-order valence-corrected chi connectivity index (χ1v) is 11.4. The molecule has 6 nitrogen and oxygen atoms in total. The smallest absolute Gasteiger partial charge is 0.259 e. The van der Waals surface area contributed by atoms with Gasteiger partial charge in [0.1, 0.15) is 5.69 Å². The monoisotopic (exact) mass is 437 g/mol. The number of hydrogen-bond acceptors (Lipinski definition) is 4. The molecule has 166 valence electrons. The van der Waals surface area contributed by atoms with Crippen molar-refractivity contribution >= 4 is 17.3 Å². The molecule has 1 amide bonds. The number of hydrogen-bond donors (Lipinski definition) is 1. The number of piperidine rings is 1. The van der Waals surface area contributed by atoms with E-state index in [9.17, 15) is 4.79 Å². The zero-order chi connectivity index (χ0) is 22.5. The van der Waals surface area contributed by atoms with Crippen molar-refractivity contribution in [2.24, 2.45) is 0 Å². The van der Waals surface area contributed by atoms with Crippen LogP contribution < -0.4 is 10.2 Å². The van der Waals surface area contributed by atoms with Gasteiger partial charge in [0.05, 0.1) is 12.1 Å². The van der Waals surface area contributed by atoms with Crippen molar-refractivity contribution in [3.05, 3.63) is 96.4 Å². The van der Waals surface area contributed by atoms with Crippen molar-refractivity contribution in [2.75, 3.05) is 23.3 Å². The van der Waals surface area contributed by atoms with E-state index in [0.717, 1.165) is 29.9 Å². The van der Waals surface area contributed by atoms with Crippen LogP contribution in [0.3, 0.4) is 0 Å². The van der Waals surface area contributed by atoms with Gasteiger partial charge in [0.15, 0.2) is 0 Å². The number of benzene rings is 2. The SMILES string of the molecule is O=C(Nc1ccc(N2CCCCC2)cc1)c1cn(Cc2ccccc2)nc1-c1cccnc1. The van der Waals surface area contributed by atoms with E-state index in [2.05, 4.69) is 39.5 Å². The molecular weight excluding hydrogens is 410 g/mol. The summed E-state index contributed by atoms with van der Waals surface area (Å²) in [5.74, 6) is -0.182. The summed E-state index contributed by atoms with van der Waals surface area (Å²) in [7, 11) is 0. The minimum absolute atomic E-state index is 0.182. The van der Waals surface area contributed by atoms with Gasteiger partial charge in [-0.1, -0.05) is 30.3 Å². The number of pyridine rings is 1. The van der Waals surface area contributed by atoms with Gasteiger partial charge in [0.2, 0.25) is 0 Å². The van der Waals surface area contributed by atoms with Gasteiger partial charge in [-0.3, -0.25) is 14.5 Å². The minimum Gasteiger partial charge on any atom is -0.372 e. The van der Waals surface area contributed by atoms with Gasteiger partial charge < -0.3 is 10.2 Å². The molecule has 0 unspecified atom stereocenters. The van der Waals surface area contributed by atoms with E-state index >= 15 is 0 Å². The van der Waals surface area contributed by atoms with Crippen LogP contribution in [0, 0.1) is 0 Å². The van der Waals surface area contributed by atoms with E-state index in [0.29, 0.717) is 17.8 Å². The summed E-state index contributed by atoms with van der Waals surface area (Å²) in [6.07, 6.45) is 9.05. The average molecular weight is 438 g/mol. The topological polar surface area (TPSA) is 63.1 Å². The van der Waals surface area contributed by atoms with Gasteiger partial charge >= 0.3 is 0 Å². The Bertz CT molecular complexity index is 1200. The Morgan fingerprint density at radius 3 is 2.42 bits per heavy atom. The average Bonchev–Trinajstić information content (AvgIpc) is 3.30. The Hall–Kier alpha value is -3.93. The molecule has 0 radical (unpaired) electrons. The first-order valence-electron chi connectivity index (χ1n) is 11.4. The Morgan fingerprint density at radius 2 is 1.70 bits per heavy atom. The molecule has 33 heavy (non-hydrogen) atoms. The number of amides is 1. The summed E-state index contributed by atoms with van der Waals surface area (Å²) in [6.45, 7) is 2.79. The molecule has 2 aromatic carbocycles. The summed E-state index contributed by atoms with van der Waals surface area (Å²) in [5.41, 5.74) is 5.07. The highest BCUT2D eigenvalue weighted by Crippen LogP contribution is 2.25. The van der Waals surface area contributed by atoms with E-state index in [-0.39, 0.29) is 5.91 Å². The first-order chi connectivity index (χ1) is 16.3. The van der Waals surface area contributed by atoms with Gasteiger partial charge in [0.25, 0.3) is 5.91 Å². The molecule has 4 aromatic rings. The lowest BCUT2D eigenvalue weighted by Crippen LogP contribution is -2.29. The maximum absolute atomic E-state index is 13.3. The van der Waals surface area contributed by atoms with Crippen LogP contribution in [-0.4, -0.2) is 33.8 Å². The van der Waals surface area contributed by atoms with Crippen molar-refractivity contribution in [3.63, 3.8) is 0 Å². The molecule has 2 aromatic heterocycles. The lowest BCUT2D eigenvalue weighted by atomic mass is 10.1.